The summed E-state index contributed by atoms with van der Waals surface area (Å²) >= 11 is 1.62. The van der Waals surface area contributed by atoms with Crippen LogP contribution in [0.15, 0.2) is 16.4 Å². The van der Waals surface area contributed by atoms with Crippen LogP contribution in [0.3, 0.4) is 0 Å². The Hall–Kier alpha value is -1.13. The summed E-state index contributed by atoms with van der Waals surface area (Å²) in [7, 11) is 0. The molecule has 0 amide bonds. The van der Waals surface area contributed by atoms with E-state index in [-0.39, 0.29) is 5.56 Å². The normalized spacial score (nSPS) is 11.0. The van der Waals surface area contributed by atoms with Gasteiger partial charge in [0.25, 0.3) is 5.56 Å². The van der Waals surface area contributed by atoms with Crippen LogP contribution < -0.4 is 11.3 Å². The molecule has 3 N–H and O–H groups in total. The molecule has 0 atom stereocenters. The van der Waals surface area contributed by atoms with Crippen molar-refractivity contribution in [3.8, 4) is 0 Å². The molecule has 0 aromatic carbocycles. The first kappa shape index (κ1) is 9.43. The lowest BCUT2D eigenvalue weighted by Crippen LogP contribution is -2.09. The number of H-pyrrole nitrogens is 1. The predicted molar refractivity (Wildman–Crippen MR) is 59.9 cm³/mol. The number of rotatable bonds is 2. The smallest absolute Gasteiger partial charge is 0.256 e. The molecule has 14 heavy (non-hydrogen) atoms. The van der Waals surface area contributed by atoms with Crippen LogP contribution in [0.4, 0.5) is 0 Å². The average molecular weight is 208 g/mol. The van der Waals surface area contributed by atoms with E-state index in [1.807, 2.05) is 12.3 Å². The topological polar surface area (TPSA) is 58.9 Å². The van der Waals surface area contributed by atoms with Crippen LogP contribution in [0.2, 0.25) is 0 Å². The Labute approximate surface area is 85.6 Å². The molecule has 0 bridgehead atoms. The van der Waals surface area contributed by atoms with Crippen molar-refractivity contribution in [3.05, 3.63) is 33.1 Å². The Kier molecular flexibility index (Phi) is 2.39. The lowest BCUT2D eigenvalue weighted by molar-refractivity contribution is 0.968. The van der Waals surface area contributed by atoms with Crippen molar-refractivity contribution in [2.45, 2.75) is 13.3 Å². The largest absolute Gasteiger partial charge is 0.330 e. The molecule has 4 heteroatoms. The van der Waals surface area contributed by atoms with E-state index in [1.54, 1.807) is 17.5 Å². The number of aryl methyl sites for hydroxylation is 1. The second kappa shape index (κ2) is 3.55. The van der Waals surface area contributed by atoms with Gasteiger partial charge in [-0.3, -0.25) is 4.79 Å². The van der Waals surface area contributed by atoms with E-state index in [0.717, 1.165) is 27.6 Å². The zero-order valence-corrected chi connectivity index (χ0v) is 8.78. The Morgan fingerprint density at radius 3 is 3.07 bits per heavy atom. The molecule has 0 aliphatic heterocycles. The van der Waals surface area contributed by atoms with Gasteiger partial charge >= 0.3 is 0 Å². The summed E-state index contributed by atoms with van der Waals surface area (Å²) < 4.78 is 1.08. The molecule has 0 radical (unpaired) electrons. The zero-order chi connectivity index (χ0) is 10.1. The van der Waals surface area contributed by atoms with Crippen molar-refractivity contribution in [1.82, 2.24) is 4.98 Å². The molecule has 0 aliphatic carbocycles. The Morgan fingerprint density at radius 1 is 1.57 bits per heavy atom. The van der Waals surface area contributed by atoms with Crippen molar-refractivity contribution in [1.29, 1.82) is 0 Å². The number of pyridine rings is 1. The van der Waals surface area contributed by atoms with Gasteiger partial charge in [0.2, 0.25) is 0 Å². The van der Waals surface area contributed by atoms with Crippen LogP contribution in [0.1, 0.15) is 11.1 Å². The minimum atomic E-state index is -0.000443. The van der Waals surface area contributed by atoms with Crippen LogP contribution in [0.25, 0.3) is 10.1 Å². The molecule has 3 nitrogen and oxygen atoms in total. The second-order valence-electron chi connectivity index (χ2n) is 3.30. The van der Waals surface area contributed by atoms with Crippen molar-refractivity contribution in [2.24, 2.45) is 5.73 Å². The van der Waals surface area contributed by atoms with Crippen LogP contribution >= 0.6 is 11.3 Å². The first-order valence-corrected chi connectivity index (χ1v) is 5.40. The third-order valence-corrected chi connectivity index (χ3v) is 3.46. The Morgan fingerprint density at radius 2 is 2.36 bits per heavy atom. The standard InChI is InChI=1S/C10H12N2OS/c1-6-5-14-9-7(2-3-11)4-12-10(13)8(6)9/h4-5H,2-3,11H2,1H3,(H,12,13). The highest BCUT2D eigenvalue weighted by Crippen LogP contribution is 2.25. The summed E-state index contributed by atoms with van der Waals surface area (Å²) in [5.74, 6) is 0. The third-order valence-electron chi connectivity index (χ3n) is 2.28. The van der Waals surface area contributed by atoms with Crippen LogP contribution in [0, 0.1) is 6.92 Å². The zero-order valence-electron chi connectivity index (χ0n) is 7.96. The quantitative estimate of drug-likeness (QED) is 0.783. The third kappa shape index (κ3) is 1.36. The fourth-order valence-corrected chi connectivity index (χ4v) is 2.69. The van der Waals surface area contributed by atoms with E-state index < -0.39 is 0 Å². The molecule has 0 spiro atoms. The molecule has 0 saturated carbocycles. The molecule has 2 aromatic rings. The predicted octanol–water partition coefficient (Wildman–Crippen LogP) is 1.40. The molecular weight excluding hydrogens is 196 g/mol. The Bertz CT molecular complexity index is 512. The van der Waals surface area contributed by atoms with E-state index in [4.69, 9.17) is 5.73 Å². The molecule has 0 saturated heterocycles. The molecule has 0 unspecified atom stereocenters. The van der Waals surface area contributed by atoms with Crippen LogP contribution in [-0.4, -0.2) is 11.5 Å². The van der Waals surface area contributed by atoms with Crippen LogP contribution in [0.5, 0.6) is 0 Å². The first-order chi connectivity index (χ1) is 6.74. The number of hydrogen-bond donors (Lipinski definition) is 2. The number of thiophene rings is 1. The minimum Gasteiger partial charge on any atom is -0.330 e. The highest BCUT2D eigenvalue weighted by Gasteiger charge is 2.08. The summed E-state index contributed by atoms with van der Waals surface area (Å²) in [6, 6.07) is 0. The summed E-state index contributed by atoms with van der Waals surface area (Å²) in [5, 5.41) is 2.83. The molecule has 2 rings (SSSR count). The van der Waals surface area contributed by atoms with E-state index in [9.17, 15) is 4.79 Å². The lowest BCUT2D eigenvalue weighted by atomic mass is 10.1. The number of fused-ring (bicyclic) bond motifs is 1. The molecule has 0 aliphatic rings. The van der Waals surface area contributed by atoms with Crippen molar-refractivity contribution < 1.29 is 0 Å². The van der Waals surface area contributed by atoms with Crippen molar-refractivity contribution in [3.63, 3.8) is 0 Å². The first-order valence-electron chi connectivity index (χ1n) is 4.52. The maximum atomic E-state index is 11.5. The van der Waals surface area contributed by atoms with Crippen LogP contribution in [-0.2, 0) is 6.42 Å². The molecule has 74 valence electrons. The lowest BCUT2D eigenvalue weighted by Gasteiger charge is -1.99. The highest BCUT2D eigenvalue weighted by molar-refractivity contribution is 7.17. The molecular formula is C10H12N2OS. The van der Waals surface area contributed by atoms with Gasteiger partial charge in [-0.15, -0.1) is 11.3 Å². The summed E-state index contributed by atoms with van der Waals surface area (Å²) in [4.78, 5) is 14.3. The number of aromatic amines is 1. The van der Waals surface area contributed by atoms with Gasteiger partial charge in [0, 0.05) is 10.9 Å². The van der Waals surface area contributed by atoms with Crippen molar-refractivity contribution >= 4 is 21.4 Å². The fraction of sp³-hybridized carbons (Fsp3) is 0.300. The van der Waals surface area contributed by atoms with Gasteiger partial charge in [-0.1, -0.05) is 0 Å². The highest BCUT2D eigenvalue weighted by atomic mass is 32.1. The second-order valence-corrected chi connectivity index (χ2v) is 4.18. The molecule has 2 aromatic heterocycles. The minimum absolute atomic E-state index is 0.000443. The Balaban J connectivity index is 2.77. The molecule has 0 fully saturated rings. The SMILES string of the molecule is Cc1csc2c(CCN)c[nH]c(=O)c12. The number of aromatic nitrogens is 1. The van der Waals surface area contributed by atoms with E-state index in [1.165, 1.54) is 0 Å². The van der Waals surface area contributed by atoms with Gasteiger partial charge in [-0.2, -0.15) is 0 Å². The number of hydrogen-bond acceptors (Lipinski definition) is 3. The van der Waals surface area contributed by atoms with Gasteiger partial charge < -0.3 is 10.7 Å². The van der Waals surface area contributed by atoms with Gasteiger partial charge in [0.15, 0.2) is 0 Å². The van der Waals surface area contributed by atoms with Gasteiger partial charge in [0.1, 0.15) is 0 Å². The molecule has 2 heterocycles. The monoisotopic (exact) mass is 208 g/mol. The summed E-state index contributed by atoms with van der Waals surface area (Å²) in [5.41, 5.74) is 7.69. The fourth-order valence-electron chi connectivity index (χ4n) is 1.59. The summed E-state index contributed by atoms with van der Waals surface area (Å²) in [6.07, 6.45) is 2.58. The van der Waals surface area contributed by atoms with E-state index >= 15 is 0 Å². The van der Waals surface area contributed by atoms with E-state index in [2.05, 4.69) is 4.98 Å². The maximum Gasteiger partial charge on any atom is 0.256 e. The van der Waals surface area contributed by atoms with E-state index in [0.29, 0.717) is 6.54 Å². The maximum absolute atomic E-state index is 11.5. The number of nitrogens with one attached hydrogen (secondary N) is 1. The van der Waals surface area contributed by atoms with Gasteiger partial charge in [-0.05, 0) is 36.4 Å². The summed E-state index contributed by atoms with van der Waals surface area (Å²) in [6.45, 7) is 2.57. The average Bonchev–Trinajstić information content (AvgIpc) is 2.54. The number of nitrogens with two attached hydrogens (primary N) is 1. The van der Waals surface area contributed by atoms with Gasteiger partial charge in [0.05, 0.1) is 5.39 Å². The van der Waals surface area contributed by atoms with Crippen molar-refractivity contribution in [2.75, 3.05) is 6.54 Å². The van der Waals surface area contributed by atoms with Gasteiger partial charge in [-0.25, -0.2) is 0 Å².